The number of ether oxygens (including phenoxy) is 2. The zero-order chi connectivity index (χ0) is 16.1. The van der Waals surface area contributed by atoms with Crippen molar-refractivity contribution in [3.05, 3.63) is 36.5 Å². The standard InChI is InChI=1S/C9H12O4.C5H8O2/c1-3-13-9(12)7(2)5-4-6-8(10)11;1-4(2)5(6)7-3/h4,6H,2-3,5H2,1H3,(H,10,11);1H2,2-3H3. The molecule has 0 fully saturated rings. The minimum absolute atomic E-state index is 0.200. The van der Waals surface area contributed by atoms with Crippen LogP contribution in [0.4, 0.5) is 0 Å². The van der Waals surface area contributed by atoms with Crippen molar-refractivity contribution in [2.45, 2.75) is 20.3 Å². The number of aliphatic carboxylic acids is 1. The fourth-order valence-corrected chi connectivity index (χ4v) is 0.793. The van der Waals surface area contributed by atoms with Gasteiger partial charge >= 0.3 is 17.9 Å². The Kier molecular flexibility index (Phi) is 11.7. The number of methoxy groups -OCH3 is 1. The predicted octanol–water partition coefficient (Wildman–Crippen LogP) is 1.87. The molecule has 0 saturated carbocycles. The van der Waals surface area contributed by atoms with Crippen LogP contribution in [0.25, 0.3) is 0 Å². The molecule has 0 amide bonds. The Morgan fingerprint density at radius 3 is 2.05 bits per heavy atom. The summed E-state index contributed by atoms with van der Waals surface area (Å²) in [6, 6.07) is 0. The molecule has 0 atom stereocenters. The van der Waals surface area contributed by atoms with E-state index in [-0.39, 0.29) is 18.0 Å². The number of hydrogen-bond donors (Lipinski definition) is 1. The predicted molar refractivity (Wildman–Crippen MR) is 74.0 cm³/mol. The van der Waals surface area contributed by atoms with Gasteiger partial charge in [0.15, 0.2) is 0 Å². The van der Waals surface area contributed by atoms with E-state index in [1.54, 1.807) is 13.8 Å². The maximum Gasteiger partial charge on any atom is 0.333 e. The first kappa shape index (κ1) is 20.0. The number of hydrogen-bond acceptors (Lipinski definition) is 5. The molecule has 0 saturated heterocycles. The number of esters is 2. The number of carboxylic acid groups (broad SMARTS) is 1. The van der Waals surface area contributed by atoms with Crippen LogP contribution in [0.3, 0.4) is 0 Å². The minimum Gasteiger partial charge on any atom is -0.478 e. The van der Waals surface area contributed by atoms with E-state index in [1.165, 1.54) is 13.2 Å². The van der Waals surface area contributed by atoms with Crippen molar-refractivity contribution < 1.29 is 29.0 Å². The summed E-state index contributed by atoms with van der Waals surface area (Å²) in [5, 5.41) is 8.24. The first-order valence-corrected chi connectivity index (χ1v) is 5.74. The topological polar surface area (TPSA) is 89.9 Å². The molecular formula is C14H20O6. The van der Waals surface area contributed by atoms with Crippen LogP contribution in [0.5, 0.6) is 0 Å². The summed E-state index contributed by atoms with van der Waals surface area (Å²) in [6.07, 6.45) is 2.51. The summed E-state index contributed by atoms with van der Waals surface area (Å²) in [7, 11) is 1.33. The molecule has 0 rings (SSSR count). The third-order valence-electron chi connectivity index (χ3n) is 1.72. The third kappa shape index (κ3) is 12.1. The monoisotopic (exact) mass is 284 g/mol. The van der Waals surface area contributed by atoms with E-state index in [9.17, 15) is 14.4 Å². The molecule has 6 heteroatoms. The van der Waals surface area contributed by atoms with Crippen molar-refractivity contribution in [3.63, 3.8) is 0 Å². The molecule has 20 heavy (non-hydrogen) atoms. The van der Waals surface area contributed by atoms with Crippen molar-refractivity contribution in [2.75, 3.05) is 13.7 Å². The Morgan fingerprint density at radius 2 is 1.75 bits per heavy atom. The molecule has 0 aliphatic heterocycles. The van der Waals surface area contributed by atoms with E-state index in [0.29, 0.717) is 12.2 Å². The van der Waals surface area contributed by atoms with Crippen LogP contribution in [0.1, 0.15) is 20.3 Å². The smallest absolute Gasteiger partial charge is 0.333 e. The molecule has 1 N–H and O–H groups in total. The van der Waals surface area contributed by atoms with Gasteiger partial charge in [0.2, 0.25) is 0 Å². The largest absolute Gasteiger partial charge is 0.478 e. The highest BCUT2D eigenvalue weighted by Crippen LogP contribution is 2.01. The summed E-state index contributed by atoms with van der Waals surface area (Å²) in [5.41, 5.74) is 0.682. The zero-order valence-electron chi connectivity index (χ0n) is 12.0. The summed E-state index contributed by atoms with van der Waals surface area (Å²) < 4.78 is 8.91. The zero-order valence-corrected chi connectivity index (χ0v) is 12.0. The van der Waals surface area contributed by atoms with Crippen LogP contribution in [-0.4, -0.2) is 36.7 Å². The van der Waals surface area contributed by atoms with Gasteiger partial charge in [-0.1, -0.05) is 19.2 Å². The lowest BCUT2D eigenvalue weighted by atomic mass is 10.2. The summed E-state index contributed by atoms with van der Waals surface area (Å²) in [5.74, 6) is -1.88. The highest BCUT2D eigenvalue weighted by molar-refractivity contribution is 5.88. The molecule has 0 aromatic carbocycles. The number of rotatable bonds is 6. The maximum absolute atomic E-state index is 10.9. The van der Waals surface area contributed by atoms with Crippen molar-refractivity contribution >= 4 is 17.9 Å². The van der Waals surface area contributed by atoms with Crippen molar-refractivity contribution in [2.24, 2.45) is 0 Å². The van der Waals surface area contributed by atoms with E-state index in [2.05, 4.69) is 22.6 Å². The normalized spacial score (nSPS) is 9.15. The van der Waals surface area contributed by atoms with Gasteiger partial charge in [0.05, 0.1) is 13.7 Å². The second kappa shape index (κ2) is 11.7. The van der Waals surface area contributed by atoms with E-state index in [4.69, 9.17) is 5.11 Å². The molecule has 0 aliphatic rings. The van der Waals surface area contributed by atoms with Gasteiger partial charge in [0.1, 0.15) is 0 Å². The quantitative estimate of drug-likeness (QED) is 0.591. The molecule has 0 spiro atoms. The number of carboxylic acids is 1. The SMILES string of the molecule is C=C(C)C(=O)OC.C=C(CC=CC(=O)O)C(=O)OCC. The van der Waals surface area contributed by atoms with Crippen LogP contribution >= 0.6 is 0 Å². The Balaban J connectivity index is 0. The lowest BCUT2D eigenvalue weighted by Crippen LogP contribution is -2.05. The Hall–Kier alpha value is -2.37. The Labute approximate surface area is 118 Å². The first-order chi connectivity index (χ1) is 9.26. The molecule has 0 heterocycles. The second-order valence-electron chi connectivity index (χ2n) is 3.54. The van der Waals surface area contributed by atoms with Crippen molar-refractivity contribution in [3.8, 4) is 0 Å². The molecule has 0 unspecified atom stereocenters. The molecule has 0 aromatic heterocycles. The van der Waals surface area contributed by atoms with Gasteiger partial charge in [-0.3, -0.25) is 0 Å². The van der Waals surface area contributed by atoms with Gasteiger partial charge in [0.25, 0.3) is 0 Å². The highest BCUT2D eigenvalue weighted by Gasteiger charge is 2.04. The van der Waals surface area contributed by atoms with Crippen LogP contribution in [-0.2, 0) is 23.9 Å². The van der Waals surface area contributed by atoms with Gasteiger partial charge in [-0.25, -0.2) is 14.4 Å². The van der Waals surface area contributed by atoms with Crippen molar-refractivity contribution in [1.29, 1.82) is 0 Å². The molecule has 112 valence electrons. The second-order valence-corrected chi connectivity index (χ2v) is 3.54. The van der Waals surface area contributed by atoms with Gasteiger partial charge in [0, 0.05) is 17.2 Å². The molecule has 0 aliphatic carbocycles. The van der Waals surface area contributed by atoms with Crippen LogP contribution < -0.4 is 0 Å². The van der Waals surface area contributed by atoms with E-state index in [1.807, 2.05) is 0 Å². The van der Waals surface area contributed by atoms with E-state index >= 15 is 0 Å². The first-order valence-electron chi connectivity index (χ1n) is 5.74. The van der Waals surface area contributed by atoms with Crippen LogP contribution in [0.2, 0.25) is 0 Å². The molecule has 6 nitrogen and oxygen atoms in total. The summed E-state index contributed by atoms with van der Waals surface area (Å²) in [4.78, 5) is 31.1. The number of carbonyl (C=O) groups is 3. The van der Waals surface area contributed by atoms with Crippen LogP contribution in [0, 0.1) is 0 Å². The average Bonchev–Trinajstić information content (AvgIpc) is 2.38. The minimum atomic E-state index is -1.04. The average molecular weight is 284 g/mol. The molecule has 0 aromatic rings. The molecule has 0 radical (unpaired) electrons. The summed E-state index contributed by atoms with van der Waals surface area (Å²) in [6.45, 7) is 10.4. The Bertz CT molecular complexity index is 406. The van der Waals surface area contributed by atoms with Crippen molar-refractivity contribution in [1.82, 2.24) is 0 Å². The summed E-state index contributed by atoms with van der Waals surface area (Å²) >= 11 is 0. The van der Waals surface area contributed by atoms with E-state index < -0.39 is 11.9 Å². The fourth-order valence-electron chi connectivity index (χ4n) is 0.793. The third-order valence-corrected chi connectivity index (χ3v) is 1.72. The maximum atomic E-state index is 10.9. The van der Waals surface area contributed by atoms with Gasteiger partial charge in [-0.2, -0.15) is 0 Å². The van der Waals surface area contributed by atoms with Gasteiger partial charge < -0.3 is 14.6 Å². The van der Waals surface area contributed by atoms with Gasteiger partial charge in [-0.05, 0) is 20.3 Å². The number of allylic oxidation sites excluding steroid dienone is 1. The lowest BCUT2D eigenvalue weighted by Gasteiger charge is -2.00. The Morgan fingerprint density at radius 1 is 1.20 bits per heavy atom. The number of carbonyl (C=O) groups excluding carboxylic acids is 2. The lowest BCUT2D eigenvalue weighted by molar-refractivity contribution is -0.138. The molecule has 0 bridgehead atoms. The van der Waals surface area contributed by atoms with Crippen LogP contribution in [0.15, 0.2) is 36.5 Å². The fraction of sp³-hybridized carbons (Fsp3) is 0.357. The highest BCUT2D eigenvalue weighted by atomic mass is 16.5. The molecular weight excluding hydrogens is 264 g/mol. The van der Waals surface area contributed by atoms with E-state index in [0.717, 1.165) is 6.08 Å². The van der Waals surface area contributed by atoms with Gasteiger partial charge in [-0.15, -0.1) is 0 Å².